The van der Waals surface area contributed by atoms with Crippen LogP contribution in [-0.2, 0) is 0 Å². The number of benzene rings is 1. The Morgan fingerprint density at radius 3 is 2.81 bits per heavy atom. The lowest BCUT2D eigenvalue weighted by Crippen LogP contribution is -2.34. The molecule has 0 saturated carbocycles. The van der Waals surface area contributed by atoms with Crippen molar-refractivity contribution < 1.29 is 14.0 Å². The number of imide groups is 1. The van der Waals surface area contributed by atoms with Crippen molar-refractivity contribution in [1.29, 1.82) is 0 Å². The Balaban J connectivity index is 2.27. The van der Waals surface area contributed by atoms with Gasteiger partial charge in [0.2, 0.25) is 0 Å². The highest BCUT2D eigenvalue weighted by Crippen LogP contribution is 2.12. The van der Waals surface area contributed by atoms with Gasteiger partial charge in [-0.2, -0.15) is 0 Å². The first kappa shape index (κ1) is 10.6. The topological polar surface area (TPSA) is 49.4 Å². The summed E-state index contributed by atoms with van der Waals surface area (Å²) >= 11 is 0. The van der Waals surface area contributed by atoms with Crippen molar-refractivity contribution in [2.45, 2.75) is 6.92 Å². The molecule has 1 N–H and O–H groups in total. The molecule has 1 aliphatic heterocycles. The van der Waals surface area contributed by atoms with Crippen LogP contribution in [0.15, 0.2) is 18.2 Å². The van der Waals surface area contributed by atoms with Crippen LogP contribution in [-0.4, -0.2) is 29.9 Å². The van der Waals surface area contributed by atoms with E-state index in [1.807, 2.05) is 0 Å². The number of carbonyl (C=O) groups is 2. The first-order chi connectivity index (χ1) is 7.59. The number of hydrogen-bond acceptors (Lipinski definition) is 2. The van der Waals surface area contributed by atoms with E-state index < -0.39 is 11.9 Å². The fourth-order valence-electron chi connectivity index (χ4n) is 1.60. The minimum atomic E-state index is -0.396. The third kappa shape index (κ3) is 1.76. The Hall–Kier alpha value is -1.91. The predicted octanol–water partition coefficient (Wildman–Crippen LogP) is 1.30. The second-order valence-electron chi connectivity index (χ2n) is 3.65. The molecule has 2 rings (SSSR count). The highest BCUT2D eigenvalue weighted by molar-refractivity contribution is 6.05. The lowest BCUT2D eigenvalue weighted by Gasteiger charge is -2.12. The Labute approximate surface area is 92.0 Å². The number of nitrogens with one attached hydrogen (secondary N) is 1. The molecule has 1 saturated heterocycles. The average molecular weight is 222 g/mol. The molecule has 0 radical (unpaired) electrons. The summed E-state index contributed by atoms with van der Waals surface area (Å²) in [6, 6.07) is 3.67. The zero-order chi connectivity index (χ0) is 11.7. The maximum absolute atomic E-state index is 13.0. The molecule has 1 fully saturated rings. The molecule has 4 nitrogen and oxygen atoms in total. The molecule has 0 bridgehead atoms. The predicted molar refractivity (Wildman–Crippen MR) is 55.6 cm³/mol. The monoisotopic (exact) mass is 222 g/mol. The number of carbonyl (C=O) groups excluding carboxylic acids is 2. The van der Waals surface area contributed by atoms with Gasteiger partial charge < -0.3 is 5.32 Å². The fourth-order valence-corrected chi connectivity index (χ4v) is 1.60. The van der Waals surface area contributed by atoms with E-state index in [0.717, 1.165) is 4.90 Å². The van der Waals surface area contributed by atoms with Gasteiger partial charge in [0.05, 0.1) is 0 Å². The number of hydrogen-bond donors (Lipinski definition) is 1. The highest BCUT2D eigenvalue weighted by Gasteiger charge is 2.27. The van der Waals surface area contributed by atoms with Crippen molar-refractivity contribution >= 4 is 11.9 Å². The van der Waals surface area contributed by atoms with E-state index in [4.69, 9.17) is 0 Å². The standard InChI is InChI=1S/C11H11FN2O2/c1-7-6-8(2-3-9(7)12)10(15)14-5-4-13-11(14)16/h2-3,6H,4-5H2,1H3,(H,13,16). The Kier molecular flexibility index (Phi) is 2.60. The summed E-state index contributed by atoms with van der Waals surface area (Å²) in [6.07, 6.45) is 0. The molecule has 1 aromatic carbocycles. The van der Waals surface area contributed by atoms with Crippen molar-refractivity contribution in [3.63, 3.8) is 0 Å². The summed E-state index contributed by atoms with van der Waals surface area (Å²) < 4.78 is 13.0. The summed E-state index contributed by atoms with van der Waals surface area (Å²) in [5.74, 6) is -0.750. The number of aryl methyl sites for hydroxylation is 1. The molecular formula is C11H11FN2O2. The lowest BCUT2D eigenvalue weighted by atomic mass is 10.1. The van der Waals surface area contributed by atoms with Gasteiger partial charge >= 0.3 is 6.03 Å². The Morgan fingerprint density at radius 2 is 2.25 bits per heavy atom. The van der Waals surface area contributed by atoms with Crippen LogP contribution in [0.5, 0.6) is 0 Å². The molecule has 1 aromatic rings. The summed E-state index contributed by atoms with van der Waals surface area (Å²) in [4.78, 5) is 24.2. The second-order valence-corrected chi connectivity index (χ2v) is 3.65. The van der Waals surface area contributed by atoms with Crippen LogP contribution < -0.4 is 5.32 Å². The molecule has 1 heterocycles. The van der Waals surface area contributed by atoms with E-state index in [1.165, 1.54) is 18.2 Å². The van der Waals surface area contributed by atoms with Crippen LogP contribution in [0.25, 0.3) is 0 Å². The molecule has 0 aromatic heterocycles. The SMILES string of the molecule is Cc1cc(C(=O)N2CCNC2=O)ccc1F. The van der Waals surface area contributed by atoms with Gasteiger partial charge in [0, 0.05) is 18.7 Å². The second kappa shape index (κ2) is 3.92. The minimum Gasteiger partial charge on any atom is -0.336 e. The smallest absolute Gasteiger partial charge is 0.324 e. The third-order valence-electron chi connectivity index (χ3n) is 2.51. The lowest BCUT2D eigenvalue weighted by molar-refractivity contribution is 0.0829. The van der Waals surface area contributed by atoms with Crippen LogP contribution in [0.1, 0.15) is 15.9 Å². The largest absolute Gasteiger partial charge is 0.336 e. The molecule has 1 aliphatic rings. The van der Waals surface area contributed by atoms with Gasteiger partial charge in [-0.3, -0.25) is 9.69 Å². The number of amides is 3. The highest BCUT2D eigenvalue weighted by atomic mass is 19.1. The first-order valence-electron chi connectivity index (χ1n) is 4.95. The van der Waals surface area contributed by atoms with Crippen molar-refractivity contribution in [3.8, 4) is 0 Å². The summed E-state index contributed by atoms with van der Waals surface area (Å²) in [5, 5.41) is 2.54. The van der Waals surface area contributed by atoms with Crippen molar-refractivity contribution in [1.82, 2.24) is 10.2 Å². The first-order valence-corrected chi connectivity index (χ1v) is 4.95. The van der Waals surface area contributed by atoms with E-state index in [-0.39, 0.29) is 5.82 Å². The van der Waals surface area contributed by atoms with Gasteiger partial charge in [-0.15, -0.1) is 0 Å². The van der Waals surface area contributed by atoms with Gasteiger partial charge in [-0.05, 0) is 30.7 Å². The molecule has 0 aliphatic carbocycles. The van der Waals surface area contributed by atoms with E-state index in [2.05, 4.69) is 5.32 Å². The molecule has 84 valence electrons. The van der Waals surface area contributed by atoms with E-state index >= 15 is 0 Å². The van der Waals surface area contributed by atoms with Crippen molar-refractivity contribution in [2.75, 3.05) is 13.1 Å². The van der Waals surface area contributed by atoms with E-state index in [9.17, 15) is 14.0 Å². The number of urea groups is 1. The molecule has 0 atom stereocenters. The maximum Gasteiger partial charge on any atom is 0.324 e. The quantitative estimate of drug-likeness (QED) is 0.778. The third-order valence-corrected chi connectivity index (χ3v) is 2.51. The van der Waals surface area contributed by atoms with Crippen LogP contribution >= 0.6 is 0 Å². The summed E-state index contributed by atoms with van der Waals surface area (Å²) in [5.41, 5.74) is 0.724. The zero-order valence-corrected chi connectivity index (χ0v) is 8.79. The zero-order valence-electron chi connectivity index (χ0n) is 8.79. The van der Waals surface area contributed by atoms with Gasteiger partial charge in [0.15, 0.2) is 0 Å². The van der Waals surface area contributed by atoms with Gasteiger partial charge in [0.1, 0.15) is 5.82 Å². The molecule has 5 heteroatoms. The van der Waals surface area contributed by atoms with Gasteiger partial charge in [-0.1, -0.05) is 0 Å². The fraction of sp³-hybridized carbons (Fsp3) is 0.273. The maximum atomic E-state index is 13.0. The van der Waals surface area contributed by atoms with Gasteiger partial charge in [-0.25, -0.2) is 9.18 Å². The van der Waals surface area contributed by atoms with Crippen LogP contribution in [0.3, 0.4) is 0 Å². The summed E-state index contributed by atoms with van der Waals surface area (Å²) in [7, 11) is 0. The normalized spacial score (nSPS) is 15.1. The average Bonchev–Trinajstić information content (AvgIpc) is 2.67. The van der Waals surface area contributed by atoms with Gasteiger partial charge in [0.25, 0.3) is 5.91 Å². The van der Waals surface area contributed by atoms with Crippen LogP contribution in [0.4, 0.5) is 9.18 Å². The molecule has 3 amide bonds. The Morgan fingerprint density at radius 1 is 1.50 bits per heavy atom. The number of nitrogens with zero attached hydrogens (tertiary/aromatic N) is 1. The molecule has 0 unspecified atom stereocenters. The van der Waals surface area contributed by atoms with Crippen molar-refractivity contribution in [2.24, 2.45) is 0 Å². The van der Waals surface area contributed by atoms with E-state index in [0.29, 0.717) is 24.2 Å². The van der Waals surface area contributed by atoms with Crippen molar-refractivity contribution in [3.05, 3.63) is 35.1 Å². The summed E-state index contributed by atoms with van der Waals surface area (Å²) in [6.45, 7) is 2.40. The molecule has 16 heavy (non-hydrogen) atoms. The molecule has 0 spiro atoms. The van der Waals surface area contributed by atoms with Crippen LogP contribution in [0.2, 0.25) is 0 Å². The Bertz CT molecular complexity index is 459. The molecular weight excluding hydrogens is 211 g/mol. The van der Waals surface area contributed by atoms with Crippen LogP contribution in [0, 0.1) is 12.7 Å². The van der Waals surface area contributed by atoms with E-state index in [1.54, 1.807) is 6.92 Å². The number of rotatable bonds is 1. The number of halogens is 1. The minimum absolute atomic E-state index is 0.330.